The zero-order valence-corrected chi connectivity index (χ0v) is 15.5. The van der Waals surface area contributed by atoms with E-state index in [-0.39, 0.29) is 0 Å². The Balaban J connectivity index is 1.57. The number of hydrogen-bond acceptors (Lipinski definition) is 6. The zero-order chi connectivity index (χ0) is 19.7. The van der Waals surface area contributed by atoms with Crippen LogP contribution in [0.3, 0.4) is 0 Å². The van der Waals surface area contributed by atoms with E-state index >= 15 is 0 Å². The first-order chi connectivity index (χ1) is 14.9. The molecule has 0 atom stereocenters. The van der Waals surface area contributed by atoms with Crippen LogP contribution < -0.4 is 0 Å². The molecular formula is C22H12N8. The molecule has 0 amide bonds. The van der Waals surface area contributed by atoms with Gasteiger partial charge in [-0.25, -0.2) is 14.5 Å². The summed E-state index contributed by atoms with van der Waals surface area (Å²) in [7, 11) is 0. The molecule has 7 aromatic rings. The topological polar surface area (TPSA) is 86.7 Å². The predicted octanol–water partition coefficient (Wildman–Crippen LogP) is 3.66. The van der Waals surface area contributed by atoms with E-state index in [1.54, 1.807) is 18.6 Å². The summed E-state index contributed by atoms with van der Waals surface area (Å²) >= 11 is 0. The van der Waals surface area contributed by atoms with Gasteiger partial charge in [0, 0.05) is 40.3 Å². The minimum atomic E-state index is 0.656. The van der Waals surface area contributed by atoms with Gasteiger partial charge in [-0.2, -0.15) is 5.10 Å². The summed E-state index contributed by atoms with van der Waals surface area (Å²) in [5, 5.41) is 7.81. The van der Waals surface area contributed by atoms with Gasteiger partial charge >= 0.3 is 0 Å². The van der Waals surface area contributed by atoms with Crippen LogP contribution in [-0.4, -0.2) is 39.1 Å². The number of aromatic nitrogens is 8. The summed E-state index contributed by atoms with van der Waals surface area (Å²) in [6.07, 6.45) is 16.4. The first-order valence-corrected chi connectivity index (χ1v) is 9.44. The largest absolute Gasteiger partial charge is 0.303 e. The van der Waals surface area contributed by atoms with Crippen LogP contribution in [0.4, 0.5) is 0 Å². The Morgan fingerprint density at radius 3 is 2.17 bits per heavy atom. The van der Waals surface area contributed by atoms with Crippen molar-refractivity contribution >= 4 is 38.2 Å². The molecule has 0 aliphatic rings. The molecule has 0 aliphatic heterocycles. The van der Waals surface area contributed by atoms with Crippen LogP contribution >= 0.6 is 0 Å². The minimum Gasteiger partial charge on any atom is -0.303 e. The fourth-order valence-electron chi connectivity index (χ4n) is 4.29. The maximum Gasteiger partial charge on any atom is 0.159 e. The lowest BCUT2D eigenvalue weighted by molar-refractivity contribution is 1.00. The fourth-order valence-corrected chi connectivity index (χ4v) is 4.29. The highest BCUT2D eigenvalue weighted by Gasteiger charge is 2.21. The predicted molar refractivity (Wildman–Crippen MR) is 113 cm³/mol. The molecule has 140 valence electrons. The van der Waals surface area contributed by atoms with Crippen molar-refractivity contribution in [1.29, 1.82) is 0 Å². The average molecular weight is 388 g/mol. The quantitative estimate of drug-likeness (QED) is 0.420. The van der Waals surface area contributed by atoms with E-state index in [9.17, 15) is 0 Å². The molecule has 0 aliphatic carbocycles. The normalized spacial score (nSPS) is 12.0. The van der Waals surface area contributed by atoms with E-state index in [0.29, 0.717) is 5.82 Å². The molecule has 7 rings (SSSR count). The first-order valence-electron chi connectivity index (χ1n) is 9.44. The van der Waals surface area contributed by atoms with E-state index in [1.165, 1.54) is 0 Å². The Kier molecular flexibility index (Phi) is 2.86. The third-order valence-corrected chi connectivity index (χ3v) is 5.55. The summed E-state index contributed by atoms with van der Waals surface area (Å²) < 4.78 is 4.03. The van der Waals surface area contributed by atoms with Gasteiger partial charge in [0.05, 0.1) is 64.9 Å². The van der Waals surface area contributed by atoms with Gasteiger partial charge in [-0.05, 0) is 18.2 Å². The minimum absolute atomic E-state index is 0.656. The second-order valence-corrected chi connectivity index (χ2v) is 7.10. The summed E-state index contributed by atoms with van der Waals surface area (Å²) in [5.74, 6) is 0.656. The summed E-state index contributed by atoms with van der Waals surface area (Å²) in [6.45, 7) is 0. The standard InChI is InChI=1S/C22H12N8/c1-4-23-5-2-13(1)22-26-7-14(8-27-22)29-17-10-24-9-15-16-3-6-28-30(16)19-12-25-11-18(29)21(19)20(15)17/h1-12H. The third kappa shape index (κ3) is 1.89. The SMILES string of the molecule is c1cc(-c2ncc(-n3c4cncc5c4c4c3cncc4n3nccc53)cn2)ccn1. The van der Waals surface area contributed by atoms with Crippen LogP contribution in [0, 0.1) is 0 Å². The number of pyridine rings is 4. The van der Waals surface area contributed by atoms with Gasteiger partial charge in [0.1, 0.15) is 0 Å². The van der Waals surface area contributed by atoms with Gasteiger partial charge in [0.15, 0.2) is 5.82 Å². The third-order valence-electron chi connectivity index (χ3n) is 5.55. The Bertz CT molecular complexity index is 1600. The molecule has 30 heavy (non-hydrogen) atoms. The highest BCUT2D eigenvalue weighted by atomic mass is 15.2. The number of nitrogens with zero attached hydrogens (tertiary/aromatic N) is 8. The Morgan fingerprint density at radius 1 is 0.600 bits per heavy atom. The van der Waals surface area contributed by atoms with Gasteiger partial charge < -0.3 is 4.57 Å². The molecule has 0 fully saturated rings. The zero-order valence-electron chi connectivity index (χ0n) is 15.5. The van der Waals surface area contributed by atoms with Crippen molar-refractivity contribution in [3.63, 3.8) is 0 Å². The maximum atomic E-state index is 4.59. The van der Waals surface area contributed by atoms with Crippen LogP contribution in [0.15, 0.2) is 74.0 Å². The van der Waals surface area contributed by atoms with Crippen molar-refractivity contribution in [1.82, 2.24) is 39.1 Å². The molecule has 7 heterocycles. The molecule has 0 N–H and O–H groups in total. The lowest BCUT2D eigenvalue weighted by Crippen LogP contribution is -1.98. The van der Waals surface area contributed by atoms with Crippen molar-refractivity contribution in [2.75, 3.05) is 0 Å². The Hall–Kier alpha value is -4.46. The van der Waals surface area contributed by atoms with Gasteiger partial charge in [-0.1, -0.05) is 0 Å². The van der Waals surface area contributed by atoms with Crippen molar-refractivity contribution in [2.24, 2.45) is 0 Å². The van der Waals surface area contributed by atoms with E-state index in [2.05, 4.69) is 34.6 Å². The van der Waals surface area contributed by atoms with E-state index in [0.717, 1.165) is 49.5 Å². The van der Waals surface area contributed by atoms with Crippen LogP contribution in [0.2, 0.25) is 0 Å². The lowest BCUT2D eigenvalue weighted by Gasteiger charge is -2.07. The Labute approximate surface area is 168 Å². The molecule has 8 heteroatoms. The number of fused-ring (bicyclic) bond motifs is 3. The molecule has 0 radical (unpaired) electrons. The van der Waals surface area contributed by atoms with Crippen molar-refractivity contribution in [3.8, 4) is 17.1 Å². The van der Waals surface area contributed by atoms with Gasteiger partial charge in [-0.15, -0.1) is 0 Å². The smallest absolute Gasteiger partial charge is 0.159 e. The summed E-state index contributed by atoms with van der Waals surface area (Å²) in [5.41, 5.74) is 5.71. The molecule has 7 aromatic heterocycles. The fraction of sp³-hybridized carbons (Fsp3) is 0. The van der Waals surface area contributed by atoms with Crippen molar-refractivity contribution < 1.29 is 0 Å². The van der Waals surface area contributed by atoms with Crippen LogP contribution in [-0.2, 0) is 0 Å². The molecule has 0 aromatic carbocycles. The number of hydrogen-bond donors (Lipinski definition) is 0. The average Bonchev–Trinajstić information content (AvgIpc) is 3.43. The molecule has 0 saturated carbocycles. The summed E-state index contributed by atoms with van der Waals surface area (Å²) in [6, 6.07) is 5.79. The number of rotatable bonds is 2. The molecule has 0 saturated heterocycles. The van der Waals surface area contributed by atoms with E-state index in [1.807, 2.05) is 59.9 Å². The van der Waals surface area contributed by atoms with Crippen LogP contribution in [0.5, 0.6) is 0 Å². The molecular weight excluding hydrogens is 376 g/mol. The van der Waals surface area contributed by atoms with Crippen LogP contribution in [0.25, 0.3) is 55.3 Å². The van der Waals surface area contributed by atoms with Crippen molar-refractivity contribution in [3.05, 3.63) is 74.0 Å². The maximum absolute atomic E-state index is 4.59. The van der Waals surface area contributed by atoms with Gasteiger partial charge in [0.2, 0.25) is 0 Å². The molecule has 8 nitrogen and oxygen atoms in total. The highest BCUT2D eigenvalue weighted by molar-refractivity contribution is 6.25. The molecule has 0 spiro atoms. The first kappa shape index (κ1) is 15.5. The summed E-state index contributed by atoms with van der Waals surface area (Å²) in [4.78, 5) is 22.2. The molecule has 0 unspecified atom stereocenters. The second kappa shape index (κ2) is 5.54. The van der Waals surface area contributed by atoms with Crippen LogP contribution in [0.1, 0.15) is 0 Å². The Morgan fingerprint density at radius 2 is 1.33 bits per heavy atom. The lowest BCUT2D eigenvalue weighted by atomic mass is 10.1. The highest BCUT2D eigenvalue weighted by Crippen LogP contribution is 2.39. The van der Waals surface area contributed by atoms with E-state index in [4.69, 9.17) is 0 Å². The monoisotopic (exact) mass is 388 g/mol. The second-order valence-electron chi connectivity index (χ2n) is 7.10. The van der Waals surface area contributed by atoms with Gasteiger partial charge in [0.25, 0.3) is 0 Å². The van der Waals surface area contributed by atoms with Gasteiger partial charge in [-0.3, -0.25) is 15.0 Å². The molecule has 0 bridgehead atoms. The van der Waals surface area contributed by atoms with E-state index < -0.39 is 0 Å². The van der Waals surface area contributed by atoms with Crippen molar-refractivity contribution in [2.45, 2.75) is 0 Å².